The fourth-order valence-corrected chi connectivity index (χ4v) is 1.71. The Morgan fingerprint density at radius 2 is 1.86 bits per heavy atom. The summed E-state index contributed by atoms with van der Waals surface area (Å²) < 4.78 is 26.1. The van der Waals surface area contributed by atoms with Crippen LogP contribution in [-0.4, -0.2) is 23.7 Å². The first-order chi connectivity index (χ1) is 9.81. The highest BCUT2D eigenvalue weighted by Crippen LogP contribution is 2.20. The minimum atomic E-state index is -1.45. The summed E-state index contributed by atoms with van der Waals surface area (Å²) in [7, 11) is 0. The van der Waals surface area contributed by atoms with Crippen molar-refractivity contribution in [3.8, 4) is 0 Å². The zero-order valence-corrected chi connectivity index (χ0v) is 11.9. The molecular weight excluding hydrogens is 282 g/mol. The molecule has 1 aromatic rings. The fraction of sp³-hybridized carbons (Fsp3) is 0.429. The van der Waals surface area contributed by atoms with Crippen molar-refractivity contribution in [2.45, 2.75) is 26.7 Å². The SMILES string of the molecule is CC(C)CCCNC(=O)Nc1cc(F)c(F)cc1C(=O)O. The number of urea groups is 1. The first-order valence-corrected chi connectivity index (χ1v) is 6.58. The summed E-state index contributed by atoms with van der Waals surface area (Å²) in [5.74, 6) is -3.45. The topological polar surface area (TPSA) is 78.4 Å². The van der Waals surface area contributed by atoms with Crippen LogP contribution >= 0.6 is 0 Å². The van der Waals surface area contributed by atoms with Crippen LogP contribution in [0.4, 0.5) is 19.3 Å². The summed E-state index contributed by atoms with van der Waals surface area (Å²) in [5.41, 5.74) is -0.797. The van der Waals surface area contributed by atoms with Gasteiger partial charge in [0.25, 0.3) is 0 Å². The van der Waals surface area contributed by atoms with Crippen molar-refractivity contribution < 1.29 is 23.5 Å². The molecule has 5 nitrogen and oxygen atoms in total. The predicted molar refractivity (Wildman–Crippen MR) is 74.4 cm³/mol. The molecule has 0 aliphatic heterocycles. The Kier molecular flexibility index (Phi) is 6.08. The van der Waals surface area contributed by atoms with Crippen molar-refractivity contribution in [1.82, 2.24) is 5.32 Å². The summed E-state index contributed by atoms with van der Waals surface area (Å²) >= 11 is 0. The Balaban J connectivity index is 2.67. The van der Waals surface area contributed by atoms with Gasteiger partial charge in [-0.3, -0.25) is 0 Å². The van der Waals surface area contributed by atoms with Crippen molar-refractivity contribution in [2.75, 3.05) is 11.9 Å². The fourth-order valence-electron chi connectivity index (χ4n) is 1.71. The van der Waals surface area contributed by atoms with Gasteiger partial charge in [-0.25, -0.2) is 18.4 Å². The van der Waals surface area contributed by atoms with Gasteiger partial charge in [-0.2, -0.15) is 0 Å². The number of hydrogen-bond donors (Lipinski definition) is 3. The lowest BCUT2D eigenvalue weighted by molar-refractivity contribution is 0.0697. The molecule has 3 N–H and O–H groups in total. The van der Waals surface area contributed by atoms with E-state index in [1.54, 1.807) is 0 Å². The second-order valence-electron chi connectivity index (χ2n) is 5.03. The number of carboxylic acids is 1. The van der Waals surface area contributed by atoms with Crippen LogP contribution in [0.5, 0.6) is 0 Å². The number of carbonyl (C=O) groups is 2. The molecular formula is C14H18F2N2O3. The number of carboxylic acid groups (broad SMARTS) is 1. The van der Waals surface area contributed by atoms with Crippen molar-refractivity contribution in [1.29, 1.82) is 0 Å². The molecule has 7 heteroatoms. The highest BCUT2D eigenvalue weighted by molar-refractivity contribution is 6.00. The third-order valence-corrected chi connectivity index (χ3v) is 2.78. The third-order valence-electron chi connectivity index (χ3n) is 2.78. The van der Waals surface area contributed by atoms with Gasteiger partial charge in [0, 0.05) is 12.6 Å². The van der Waals surface area contributed by atoms with E-state index in [4.69, 9.17) is 5.11 Å². The quantitative estimate of drug-likeness (QED) is 0.706. The van der Waals surface area contributed by atoms with Gasteiger partial charge in [0.05, 0.1) is 11.3 Å². The smallest absolute Gasteiger partial charge is 0.337 e. The summed E-state index contributed by atoms with van der Waals surface area (Å²) in [6, 6.07) is 0.519. The molecule has 0 aliphatic rings. The van der Waals surface area contributed by atoms with Gasteiger partial charge in [-0.1, -0.05) is 13.8 Å². The van der Waals surface area contributed by atoms with Crippen molar-refractivity contribution >= 4 is 17.7 Å². The molecule has 0 spiro atoms. The molecule has 1 aromatic carbocycles. The average Bonchev–Trinajstić information content (AvgIpc) is 2.38. The minimum absolute atomic E-state index is 0.289. The number of anilines is 1. The van der Waals surface area contributed by atoms with Gasteiger partial charge >= 0.3 is 12.0 Å². The Bertz CT molecular complexity index is 533. The van der Waals surface area contributed by atoms with E-state index in [-0.39, 0.29) is 5.69 Å². The lowest BCUT2D eigenvalue weighted by Crippen LogP contribution is -2.30. The van der Waals surface area contributed by atoms with Gasteiger partial charge in [0.1, 0.15) is 0 Å². The van der Waals surface area contributed by atoms with Crippen LogP contribution in [0.3, 0.4) is 0 Å². The van der Waals surface area contributed by atoms with E-state index in [0.29, 0.717) is 24.6 Å². The Hall–Kier alpha value is -2.18. The monoisotopic (exact) mass is 300 g/mol. The van der Waals surface area contributed by atoms with E-state index in [2.05, 4.69) is 24.5 Å². The normalized spacial score (nSPS) is 10.5. The summed E-state index contributed by atoms with van der Waals surface area (Å²) in [6.45, 7) is 4.52. The molecule has 0 aromatic heterocycles. The molecule has 21 heavy (non-hydrogen) atoms. The van der Waals surface area contributed by atoms with E-state index in [1.807, 2.05) is 0 Å². The summed E-state index contributed by atoms with van der Waals surface area (Å²) in [5, 5.41) is 13.6. The second-order valence-corrected chi connectivity index (χ2v) is 5.03. The molecule has 0 fully saturated rings. The Morgan fingerprint density at radius 1 is 1.24 bits per heavy atom. The first-order valence-electron chi connectivity index (χ1n) is 6.58. The lowest BCUT2D eigenvalue weighted by Gasteiger charge is -2.11. The Morgan fingerprint density at radius 3 is 2.43 bits per heavy atom. The van der Waals surface area contributed by atoms with E-state index in [9.17, 15) is 18.4 Å². The van der Waals surface area contributed by atoms with Crippen molar-refractivity contribution in [3.63, 3.8) is 0 Å². The molecule has 0 aliphatic carbocycles. The number of benzene rings is 1. The lowest BCUT2D eigenvalue weighted by atomic mass is 10.1. The average molecular weight is 300 g/mol. The van der Waals surface area contributed by atoms with Gasteiger partial charge in [-0.05, 0) is 24.8 Å². The van der Waals surface area contributed by atoms with Crippen LogP contribution < -0.4 is 10.6 Å². The number of carbonyl (C=O) groups excluding carboxylic acids is 1. The molecule has 1 rings (SSSR count). The molecule has 0 heterocycles. The van der Waals surface area contributed by atoms with E-state index in [1.165, 1.54) is 0 Å². The van der Waals surface area contributed by atoms with E-state index >= 15 is 0 Å². The van der Waals surface area contributed by atoms with E-state index < -0.39 is 29.2 Å². The van der Waals surface area contributed by atoms with Crippen LogP contribution in [0.25, 0.3) is 0 Å². The standard InChI is InChI=1S/C14H18F2N2O3/c1-8(2)4-3-5-17-14(21)18-12-7-11(16)10(15)6-9(12)13(19)20/h6-8H,3-5H2,1-2H3,(H,19,20)(H2,17,18,21). The van der Waals surface area contributed by atoms with Gasteiger partial charge in [0.2, 0.25) is 0 Å². The maximum Gasteiger partial charge on any atom is 0.337 e. The van der Waals surface area contributed by atoms with Gasteiger partial charge in [0.15, 0.2) is 11.6 Å². The van der Waals surface area contributed by atoms with Crippen LogP contribution in [0.15, 0.2) is 12.1 Å². The largest absolute Gasteiger partial charge is 0.478 e. The van der Waals surface area contributed by atoms with Crippen LogP contribution in [0.2, 0.25) is 0 Å². The minimum Gasteiger partial charge on any atom is -0.478 e. The second kappa shape index (κ2) is 7.56. The maximum atomic E-state index is 13.1. The van der Waals surface area contributed by atoms with Crippen LogP contribution in [0, 0.1) is 17.6 Å². The maximum absolute atomic E-state index is 13.1. The van der Waals surface area contributed by atoms with Crippen molar-refractivity contribution in [2.24, 2.45) is 5.92 Å². The van der Waals surface area contributed by atoms with E-state index in [0.717, 1.165) is 12.8 Å². The molecule has 0 saturated heterocycles. The highest BCUT2D eigenvalue weighted by atomic mass is 19.2. The molecule has 0 saturated carbocycles. The Labute approximate surface area is 121 Å². The third kappa shape index (κ3) is 5.37. The number of nitrogens with one attached hydrogen (secondary N) is 2. The summed E-state index contributed by atoms with van der Waals surface area (Å²) in [4.78, 5) is 22.5. The highest BCUT2D eigenvalue weighted by Gasteiger charge is 2.16. The summed E-state index contributed by atoms with van der Waals surface area (Å²) in [6.07, 6.45) is 1.71. The molecule has 0 atom stereocenters. The zero-order chi connectivity index (χ0) is 16.0. The molecule has 0 bridgehead atoms. The number of halogens is 2. The van der Waals surface area contributed by atoms with Crippen LogP contribution in [-0.2, 0) is 0 Å². The number of rotatable bonds is 6. The van der Waals surface area contributed by atoms with Crippen LogP contribution in [0.1, 0.15) is 37.0 Å². The number of hydrogen-bond acceptors (Lipinski definition) is 2. The predicted octanol–water partition coefficient (Wildman–Crippen LogP) is 3.22. The zero-order valence-electron chi connectivity index (χ0n) is 11.9. The van der Waals surface area contributed by atoms with Gasteiger partial charge in [-0.15, -0.1) is 0 Å². The number of amides is 2. The van der Waals surface area contributed by atoms with Gasteiger partial charge < -0.3 is 15.7 Å². The molecule has 0 radical (unpaired) electrons. The molecule has 2 amide bonds. The molecule has 0 unspecified atom stereocenters. The van der Waals surface area contributed by atoms with Crippen molar-refractivity contribution in [3.05, 3.63) is 29.3 Å². The molecule has 116 valence electrons. The number of aromatic carboxylic acids is 1. The first kappa shape index (κ1) is 16.9.